The fourth-order valence-electron chi connectivity index (χ4n) is 1.35. The van der Waals surface area contributed by atoms with Crippen LogP contribution in [0.4, 0.5) is 4.39 Å². The average Bonchev–Trinajstić information content (AvgIpc) is 2.02. The molecule has 66 valence electrons. The van der Waals surface area contributed by atoms with Crippen molar-refractivity contribution in [2.24, 2.45) is 0 Å². The number of pyridine rings is 1. The maximum absolute atomic E-state index is 13.3. The van der Waals surface area contributed by atoms with E-state index in [0.29, 0.717) is 9.99 Å². The van der Waals surface area contributed by atoms with E-state index >= 15 is 0 Å². The van der Waals surface area contributed by atoms with Crippen LogP contribution >= 0.6 is 15.9 Å². The Morgan fingerprint density at radius 3 is 2.92 bits per heavy atom. The lowest BCUT2D eigenvalue weighted by Crippen LogP contribution is -1.87. The largest absolute Gasteiger partial charge is 0.245 e. The fraction of sp³-hybridized carbons (Fsp3) is 0.100. The number of halogens is 2. The van der Waals surface area contributed by atoms with Crippen LogP contribution in [0, 0.1) is 12.7 Å². The van der Waals surface area contributed by atoms with Crippen molar-refractivity contribution in [2.75, 3.05) is 0 Å². The second kappa shape index (κ2) is 3.07. The van der Waals surface area contributed by atoms with Crippen LogP contribution in [0.1, 0.15) is 5.69 Å². The minimum Gasteiger partial charge on any atom is -0.245 e. The summed E-state index contributed by atoms with van der Waals surface area (Å²) in [5, 5.41) is 1.42. The van der Waals surface area contributed by atoms with Gasteiger partial charge >= 0.3 is 0 Å². The van der Waals surface area contributed by atoms with E-state index < -0.39 is 0 Å². The van der Waals surface area contributed by atoms with Crippen LogP contribution < -0.4 is 0 Å². The SMILES string of the molecule is Cc1cc2cccc(F)c2c(Br)n1. The zero-order valence-electron chi connectivity index (χ0n) is 7.01. The molecule has 0 bridgehead atoms. The number of fused-ring (bicyclic) bond motifs is 1. The van der Waals surface area contributed by atoms with Crippen molar-refractivity contribution >= 4 is 26.7 Å². The van der Waals surface area contributed by atoms with Crippen LogP contribution in [0.15, 0.2) is 28.9 Å². The summed E-state index contributed by atoms with van der Waals surface area (Å²) in [7, 11) is 0. The highest BCUT2D eigenvalue weighted by atomic mass is 79.9. The Hall–Kier alpha value is -0.960. The topological polar surface area (TPSA) is 12.9 Å². The summed E-state index contributed by atoms with van der Waals surface area (Å²) in [6, 6.07) is 6.87. The van der Waals surface area contributed by atoms with Gasteiger partial charge in [-0.1, -0.05) is 12.1 Å². The Balaban J connectivity index is 2.94. The van der Waals surface area contributed by atoms with Gasteiger partial charge in [0.1, 0.15) is 10.4 Å². The Kier molecular flexibility index (Phi) is 2.04. The van der Waals surface area contributed by atoms with E-state index in [1.165, 1.54) is 6.07 Å². The molecular formula is C10H7BrFN. The van der Waals surface area contributed by atoms with Gasteiger partial charge in [0.15, 0.2) is 0 Å². The first-order chi connectivity index (χ1) is 6.18. The molecule has 0 spiro atoms. The summed E-state index contributed by atoms with van der Waals surface area (Å²) in [5.41, 5.74) is 0.880. The van der Waals surface area contributed by atoms with Crippen molar-refractivity contribution in [1.29, 1.82) is 0 Å². The Morgan fingerprint density at radius 2 is 2.15 bits per heavy atom. The summed E-state index contributed by atoms with van der Waals surface area (Å²) < 4.78 is 13.9. The predicted molar refractivity (Wildman–Crippen MR) is 54.1 cm³/mol. The smallest absolute Gasteiger partial charge is 0.133 e. The van der Waals surface area contributed by atoms with Gasteiger partial charge in [-0.25, -0.2) is 9.37 Å². The lowest BCUT2D eigenvalue weighted by Gasteiger charge is -2.02. The van der Waals surface area contributed by atoms with Crippen LogP contribution in [0.3, 0.4) is 0 Å². The maximum atomic E-state index is 13.3. The molecule has 0 unspecified atom stereocenters. The molecule has 2 aromatic rings. The molecule has 0 saturated carbocycles. The maximum Gasteiger partial charge on any atom is 0.133 e. The number of aryl methyl sites for hydroxylation is 1. The van der Waals surface area contributed by atoms with Crippen LogP contribution in [0.2, 0.25) is 0 Å². The minimum atomic E-state index is -0.239. The van der Waals surface area contributed by atoms with Gasteiger partial charge in [0.2, 0.25) is 0 Å². The van der Waals surface area contributed by atoms with Gasteiger partial charge in [0.25, 0.3) is 0 Å². The summed E-state index contributed by atoms with van der Waals surface area (Å²) in [6.45, 7) is 1.88. The highest BCUT2D eigenvalue weighted by molar-refractivity contribution is 9.10. The molecule has 0 aliphatic carbocycles. The van der Waals surface area contributed by atoms with Crippen LogP contribution in [0.5, 0.6) is 0 Å². The Bertz CT molecular complexity index is 468. The first-order valence-corrected chi connectivity index (χ1v) is 4.69. The number of aromatic nitrogens is 1. The molecule has 1 aromatic carbocycles. The number of hydrogen-bond donors (Lipinski definition) is 0. The Labute approximate surface area is 83.7 Å². The third kappa shape index (κ3) is 1.44. The van der Waals surface area contributed by atoms with Gasteiger partial charge in [-0.05, 0) is 40.4 Å². The summed E-state index contributed by atoms with van der Waals surface area (Å²) in [6.07, 6.45) is 0. The molecule has 0 aliphatic rings. The van der Waals surface area contributed by atoms with Crippen LogP contribution in [0.25, 0.3) is 10.8 Å². The molecule has 1 nitrogen and oxygen atoms in total. The van der Waals surface area contributed by atoms with Gasteiger partial charge in [0.05, 0.1) is 5.39 Å². The molecule has 3 heteroatoms. The Morgan fingerprint density at radius 1 is 1.38 bits per heavy atom. The third-order valence-electron chi connectivity index (χ3n) is 1.89. The first-order valence-electron chi connectivity index (χ1n) is 3.90. The number of hydrogen-bond acceptors (Lipinski definition) is 1. The van der Waals surface area contributed by atoms with Crippen molar-refractivity contribution < 1.29 is 4.39 Å². The molecule has 0 radical (unpaired) electrons. The zero-order chi connectivity index (χ0) is 9.42. The lowest BCUT2D eigenvalue weighted by molar-refractivity contribution is 0.639. The predicted octanol–water partition coefficient (Wildman–Crippen LogP) is 3.44. The van der Waals surface area contributed by atoms with E-state index in [2.05, 4.69) is 20.9 Å². The van der Waals surface area contributed by atoms with Gasteiger partial charge in [-0.3, -0.25) is 0 Å². The number of benzene rings is 1. The van der Waals surface area contributed by atoms with E-state index in [0.717, 1.165) is 11.1 Å². The molecular weight excluding hydrogens is 233 g/mol. The van der Waals surface area contributed by atoms with E-state index in [9.17, 15) is 4.39 Å². The van der Waals surface area contributed by atoms with Gasteiger partial charge in [0, 0.05) is 5.69 Å². The quantitative estimate of drug-likeness (QED) is 0.642. The van der Waals surface area contributed by atoms with Crippen molar-refractivity contribution in [2.45, 2.75) is 6.92 Å². The van der Waals surface area contributed by atoms with Crippen molar-refractivity contribution in [3.8, 4) is 0 Å². The third-order valence-corrected chi connectivity index (χ3v) is 2.46. The molecule has 0 atom stereocenters. The van der Waals surface area contributed by atoms with Gasteiger partial charge in [-0.2, -0.15) is 0 Å². The molecule has 0 N–H and O–H groups in total. The molecule has 0 fully saturated rings. The monoisotopic (exact) mass is 239 g/mol. The van der Waals surface area contributed by atoms with Gasteiger partial charge < -0.3 is 0 Å². The second-order valence-corrected chi connectivity index (χ2v) is 3.64. The minimum absolute atomic E-state index is 0.239. The zero-order valence-corrected chi connectivity index (χ0v) is 8.60. The number of nitrogens with zero attached hydrogens (tertiary/aromatic N) is 1. The fourth-order valence-corrected chi connectivity index (χ4v) is 2.04. The second-order valence-electron chi connectivity index (χ2n) is 2.89. The molecule has 0 aliphatic heterocycles. The molecule has 0 amide bonds. The summed E-state index contributed by atoms with van der Waals surface area (Å²) in [5.74, 6) is -0.239. The highest BCUT2D eigenvalue weighted by Gasteiger charge is 2.05. The van der Waals surface area contributed by atoms with Crippen molar-refractivity contribution in [3.05, 3.63) is 40.4 Å². The van der Waals surface area contributed by atoms with Crippen molar-refractivity contribution in [3.63, 3.8) is 0 Å². The van der Waals surface area contributed by atoms with Gasteiger partial charge in [-0.15, -0.1) is 0 Å². The van der Waals surface area contributed by atoms with E-state index in [1.54, 1.807) is 6.07 Å². The summed E-state index contributed by atoms with van der Waals surface area (Å²) in [4.78, 5) is 4.14. The summed E-state index contributed by atoms with van der Waals surface area (Å²) >= 11 is 3.25. The molecule has 1 heterocycles. The lowest BCUT2D eigenvalue weighted by atomic mass is 10.1. The standard InChI is InChI=1S/C10H7BrFN/c1-6-5-7-3-2-4-8(12)9(7)10(11)13-6/h2-5H,1H3. The van der Waals surface area contributed by atoms with E-state index in [-0.39, 0.29) is 5.82 Å². The van der Waals surface area contributed by atoms with Crippen LogP contribution in [-0.2, 0) is 0 Å². The molecule has 1 aromatic heterocycles. The molecule has 0 saturated heterocycles. The van der Waals surface area contributed by atoms with E-state index in [1.807, 2.05) is 19.1 Å². The number of rotatable bonds is 0. The normalized spacial score (nSPS) is 10.7. The highest BCUT2D eigenvalue weighted by Crippen LogP contribution is 2.25. The molecule has 2 rings (SSSR count). The van der Waals surface area contributed by atoms with E-state index in [4.69, 9.17) is 0 Å². The average molecular weight is 240 g/mol. The molecule has 13 heavy (non-hydrogen) atoms. The van der Waals surface area contributed by atoms with Crippen LogP contribution in [-0.4, -0.2) is 4.98 Å². The van der Waals surface area contributed by atoms with Crippen molar-refractivity contribution in [1.82, 2.24) is 4.98 Å². The first kappa shape index (κ1) is 8.63.